The highest BCUT2D eigenvalue weighted by atomic mass is 32.2. The molecule has 0 unspecified atom stereocenters. The lowest BCUT2D eigenvalue weighted by Gasteiger charge is -2.32. The second-order valence-electron chi connectivity index (χ2n) is 6.55. The Bertz CT molecular complexity index is 395. The van der Waals surface area contributed by atoms with Crippen molar-refractivity contribution in [2.45, 2.75) is 63.9 Å². The summed E-state index contributed by atoms with van der Waals surface area (Å²) in [6, 6.07) is 0. The number of nitrogens with zero attached hydrogens (tertiary/aromatic N) is 1. The minimum absolute atomic E-state index is 0.154. The van der Waals surface area contributed by atoms with Gasteiger partial charge in [0.15, 0.2) is 0 Å². The minimum atomic E-state index is -3.43. The smallest absolute Gasteiger partial charge is 0.279 e. The molecule has 2 aliphatic rings. The maximum Gasteiger partial charge on any atom is 0.279 e. The Morgan fingerprint density at radius 3 is 2.25 bits per heavy atom. The van der Waals surface area contributed by atoms with Crippen molar-refractivity contribution in [3.8, 4) is 0 Å². The lowest BCUT2D eigenvalue weighted by molar-refractivity contribution is 0.0298. The highest BCUT2D eigenvalue weighted by Gasteiger charge is 2.32. The van der Waals surface area contributed by atoms with E-state index in [-0.39, 0.29) is 6.54 Å². The first-order valence-corrected chi connectivity index (χ1v) is 9.32. The molecule has 0 aromatic carbocycles. The molecule has 0 atom stereocenters. The van der Waals surface area contributed by atoms with Gasteiger partial charge in [-0.2, -0.15) is 17.4 Å². The van der Waals surface area contributed by atoms with Gasteiger partial charge in [0.25, 0.3) is 10.2 Å². The van der Waals surface area contributed by atoms with Crippen LogP contribution in [0.4, 0.5) is 0 Å². The van der Waals surface area contributed by atoms with Crippen molar-refractivity contribution in [1.29, 1.82) is 0 Å². The molecule has 0 aromatic rings. The van der Waals surface area contributed by atoms with Crippen LogP contribution in [0.25, 0.3) is 0 Å². The molecule has 1 saturated heterocycles. The molecule has 0 radical (unpaired) electrons. The molecule has 0 spiro atoms. The third kappa shape index (κ3) is 4.41. The number of nitrogens with one attached hydrogen (secondary N) is 1. The normalized spacial score (nSPS) is 26.3. The molecule has 2 rings (SSSR count). The summed E-state index contributed by atoms with van der Waals surface area (Å²) in [4.78, 5) is 0. The van der Waals surface area contributed by atoms with Gasteiger partial charge in [0.1, 0.15) is 0 Å². The summed E-state index contributed by atoms with van der Waals surface area (Å²) < 4.78 is 28.7. The maximum atomic E-state index is 12.3. The van der Waals surface area contributed by atoms with Crippen LogP contribution in [0.1, 0.15) is 58.3 Å². The zero-order chi connectivity index (χ0) is 14.6. The van der Waals surface area contributed by atoms with E-state index in [0.29, 0.717) is 31.8 Å². The molecule has 2 N–H and O–H groups in total. The van der Waals surface area contributed by atoms with Gasteiger partial charge in [-0.25, -0.2) is 0 Å². The molecule has 0 aromatic heterocycles. The van der Waals surface area contributed by atoms with Crippen LogP contribution in [0.5, 0.6) is 0 Å². The predicted octanol–water partition coefficient (Wildman–Crippen LogP) is 1.64. The predicted molar refractivity (Wildman–Crippen MR) is 79.5 cm³/mol. The molecule has 1 heterocycles. The average molecular weight is 304 g/mol. The van der Waals surface area contributed by atoms with Crippen molar-refractivity contribution in [1.82, 2.24) is 9.03 Å². The molecule has 1 saturated carbocycles. The Morgan fingerprint density at radius 2 is 1.70 bits per heavy atom. The van der Waals surface area contributed by atoms with Gasteiger partial charge < -0.3 is 5.11 Å². The number of aliphatic hydroxyl groups is 1. The highest BCUT2D eigenvalue weighted by Crippen LogP contribution is 2.27. The summed E-state index contributed by atoms with van der Waals surface area (Å²) in [5, 5.41) is 10.5. The summed E-state index contributed by atoms with van der Waals surface area (Å²) in [5.74, 6) is 0.604. The van der Waals surface area contributed by atoms with Crippen molar-refractivity contribution in [3.05, 3.63) is 0 Å². The van der Waals surface area contributed by atoms with Gasteiger partial charge in [-0.05, 0) is 31.6 Å². The molecular formula is C14H28N2O3S. The zero-order valence-corrected chi connectivity index (χ0v) is 13.3. The van der Waals surface area contributed by atoms with Gasteiger partial charge >= 0.3 is 0 Å². The Morgan fingerprint density at radius 1 is 1.15 bits per heavy atom. The molecule has 2 fully saturated rings. The monoisotopic (exact) mass is 304 g/mol. The van der Waals surface area contributed by atoms with Crippen molar-refractivity contribution in [2.24, 2.45) is 5.92 Å². The van der Waals surface area contributed by atoms with Crippen molar-refractivity contribution in [2.75, 3.05) is 19.6 Å². The Hall–Kier alpha value is -0.170. The molecule has 0 bridgehead atoms. The van der Waals surface area contributed by atoms with Gasteiger partial charge in [-0.15, -0.1) is 0 Å². The third-order valence-corrected chi connectivity index (χ3v) is 6.25. The standard InChI is InChI=1S/C14H28N2O3S/c1-13-6-10-16(11-7-13)20(18,19)15-12-14(17)8-4-2-3-5-9-14/h13,15,17H,2-12H2,1H3. The fraction of sp³-hybridized carbons (Fsp3) is 1.00. The van der Waals surface area contributed by atoms with E-state index in [1.54, 1.807) is 0 Å². The molecule has 6 heteroatoms. The first kappa shape index (κ1) is 16.2. The molecule has 0 amide bonds. The Balaban J connectivity index is 1.88. The summed E-state index contributed by atoms with van der Waals surface area (Å²) in [6.07, 6.45) is 7.49. The maximum absolute atomic E-state index is 12.3. The van der Waals surface area contributed by atoms with E-state index in [0.717, 1.165) is 38.5 Å². The first-order chi connectivity index (χ1) is 9.41. The van der Waals surface area contributed by atoms with Crippen LogP contribution in [0.2, 0.25) is 0 Å². The lowest BCUT2D eigenvalue weighted by Crippen LogP contribution is -2.49. The van der Waals surface area contributed by atoms with Gasteiger partial charge in [-0.3, -0.25) is 0 Å². The quantitative estimate of drug-likeness (QED) is 0.776. The van der Waals surface area contributed by atoms with Gasteiger partial charge in [-0.1, -0.05) is 32.6 Å². The second-order valence-corrected chi connectivity index (χ2v) is 8.30. The van der Waals surface area contributed by atoms with Crippen LogP contribution in [0, 0.1) is 5.92 Å². The van der Waals surface area contributed by atoms with E-state index >= 15 is 0 Å². The van der Waals surface area contributed by atoms with Crippen molar-refractivity contribution >= 4 is 10.2 Å². The van der Waals surface area contributed by atoms with Crippen LogP contribution < -0.4 is 4.72 Å². The largest absolute Gasteiger partial charge is 0.389 e. The van der Waals surface area contributed by atoms with Gasteiger partial charge in [0.05, 0.1) is 5.60 Å². The first-order valence-electron chi connectivity index (χ1n) is 7.88. The molecular weight excluding hydrogens is 276 g/mol. The Kier molecular flexibility index (Phi) is 5.45. The molecule has 1 aliphatic heterocycles. The lowest BCUT2D eigenvalue weighted by atomic mass is 9.95. The van der Waals surface area contributed by atoms with Crippen molar-refractivity contribution < 1.29 is 13.5 Å². The third-order valence-electron chi connectivity index (χ3n) is 4.70. The summed E-state index contributed by atoms with van der Waals surface area (Å²) in [5.41, 5.74) is -0.855. The SMILES string of the molecule is CC1CCN(S(=O)(=O)NCC2(O)CCCCCC2)CC1. The number of piperidine rings is 1. The van der Waals surface area contributed by atoms with Gasteiger partial charge in [0.2, 0.25) is 0 Å². The summed E-state index contributed by atoms with van der Waals surface area (Å²) in [6.45, 7) is 3.50. The van der Waals surface area contributed by atoms with E-state index < -0.39 is 15.8 Å². The average Bonchev–Trinajstić information content (AvgIpc) is 2.63. The van der Waals surface area contributed by atoms with E-state index in [4.69, 9.17) is 0 Å². The Labute approximate surface area is 122 Å². The van der Waals surface area contributed by atoms with E-state index in [2.05, 4.69) is 11.6 Å². The summed E-state index contributed by atoms with van der Waals surface area (Å²) in [7, 11) is -3.43. The zero-order valence-electron chi connectivity index (χ0n) is 12.5. The van der Waals surface area contributed by atoms with Gasteiger partial charge in [0, 0.05) is 19.6 Å². The van der Waals surface area contributed by atoms with Crippen LogP contribution >= 0.6 is 0 Å². The number of rotatable bonds is 4. The van der Waals surface area contributed by atoms with E-state index in [9.17, 15) is 13.5 Å². The molecule has 5 nitrogen and oxygen atoms in total. The molecule has 1 aliphatic carbocycles. The molecule has 118 valence electrons. The van der Waals surface area contributed by atoms with E-state index in [1.807, 2.05) is 0 Å². The minimum Gasteiger partial charge on any atom is -0.389 e. The van der Waals surface area contributed by atoms with Crippen LogP contribution in [-0.2, 0) is 10.2 Å². The highest BCUT2D eigenvalue weighted by molar-refractivity contribution is 7.87. The number of hydrogen-bond acceptors (Lipinski definition) is 3. The van der Waals surface area contributed by atoms with E-state index in [1.165, 1.54) is 4.31 Å². The number of hydrogen-bond donors (Lipinski definition) is 2. The topological polar surface area (TPSA) is 69.6 Å². The fourth-order valence-corrected chi connectivity index (χ4v) is 4.43. The fourth-order valence-electron chi connectivity index (χ4n) is 3.11. The molecule has 20 heavy (non-hydrogen) atoms. The van der Waals surface area contributed by atoms with Crippen molar-refractivity contribution in [3.63, 3.8) is 0 Å². The van der Waals surface area contributed by atoms with Crippen LogP contribution in [-0.4, -0.2) is 43.1 Å². The second kappa shape index (κ2) is 6.73. The van der Waals surface area contributed by atoms with Crippen LogP contribution in [0.3, 0.4) is 0 Å². The summed E-state index contributed by atoms with van der Waals surface area (Å²) >= 11 is 0. The van der Waals surface area contributed by atoms with Crippen LogP contribution in [0.15, 0.2) is 0 Å².